The van der Waals surface area contributed by atoms with E-state index in [4.69, 9.17) is 14.2 Å². The smallest absolute Gasteiger partial charge is 0.408 e. The number of amides is 4. The van der Waals surface area contributed by atoms with Crippen LogP contribution >= 0.6 is 0 Å². The fraction of sp³-hybridized carbons (Fsp3) is 0.622. The molecule has 1 aromatic heterocycles. The summed E-state index contributed by atoms with van der Waals surface area (Å²) in [4.78, 5) is 57.4. The van der Waals surface area contributed by atoms with Crippen molar-refractivity contribution >= 4 is 44.6 Å². The normalized spacial score (nSPS) is 30.1. The predicted molar refractivity (Wildman–Crippen MR) is 201 cm³/mol. The summed E-state index contributed by atoms with van der Waals surface area (Å²) in [7, 11) is -2.41. The Morgan fingerprint density at radius 3 is 2.38 bits per heavy atom. The first kappa shape index (κ1) is 38.3. The van der Waals surface area contributed by atoms with Crippen LogP contribution in [0.15, 0.2) is 36.4 Å². The van der Waals surface area contributed by atoms with Crippen LogP contribution < -0.4 is 24.8 Å². The summed E-state index contributed by atoms with van der Waals surface area (Å²) in [5, 5.41) is 14.7. The first-order chi connectivity index (χ1) is 25.0. The van der Waals surface area contributed by atoms with Gasteiger partial charge in [-0.2, -0.15) is 0 Å². The Bertz CT molecular complexity index is 1910. The van der Waals surface area contributed by atoms with E-state index in [1.807, 2.05) is 37.3 Å². The molecule has 15 nitrogen and oxygen atoms in total. The van der Waals surface area contributed by atoms with Crippen LogP contribution in [0.2, 0.25) is 0 Å². The Kier molecular flexibility index (Phi) is 10.6. The molecule has 53 heavy (non-hydrogen) atoms. The molecule has 0 spiro atoms. The minimum atomic E-state index is -3.90. The van der Waals surface area contributed by atoms with E-state index in [0.29, 0.717) is 42.3 Å². The van der Waals surface area contributed by atoms with Gasteiger partial charge in [-0.15, -0.1) is 10.2 Å². The molecule has 0 bridgehead atoms. The Morgan fingerprint density at radius 2 is 1.72 bits per heavy atom. The second-order valence-electron chi connectivity index (χ2n) is 15.9. The first-order valence-electron chi connectivity index (χ1n) is 18.3. The number of sulfonamides is 1. The predicted octanol–water partition coefficient (Wildman–Crippen LogP) is 4.11. The number of nitrogens with one attached hydrogen (secondary N) is 3. The number of aromatic nitrogens is 2. The van der Waals surface area contributed by atoms with Gasteiger partial charge < -0.3 is 29.7 Å². The highest BCUT2D eigenvalue weighted by Crippen LogP contribution is 2.46. The third kappa shape index (κ3) is 8.52. The summed E-state index contributed by atoms with van der Waals surface area (Å²) < 4.78 is 45.2. The zero-order valence-electron chi connectivity index (χ0n) is 31.1. The van der Waals surface area contributed by atoms with E-state index < -0.39 is 74.3 Å². The van der Waals surface area contributed by atoms with Crippen molar-refractivity contribution < 1.29 is 46.1 Å². The van der Waals surface area contributed by atoms with Crippen molar-refractivity contribution in [1.29, 1.82) is 0 Å². The van der Waals surface area contributed by atoms with E-state index in [2.05, 4.69) is 32.5 Å². The van der Waals surface area contributed by atoms with E-state index in [1.165, 1.54) is 12.0 Å². The lowest BCUT2D eigenvalue weighted by Crippen LogP contribution is -2.59. The highest BCUT2D eigenvalue weighted by atomic mass is 32.2. The number of hydrogen-bond donors (Lipinski definition) is 3. The van der Waals surface area contributed by atoms with Gasteiger partial charge in [-0.1, -0.05) is 38.1 Å². The molecule has 4 amide bonds. The minimum Gasteiger partial charge on any atom is -0.479 e. The number of carbonyl (C=O) groups is 4. The van der Waals surface area contributed by atoms with Gasteiger partial charge in [0.2, 0.25) is 33.6 Å². The lowest BCUT2D eigenvalue weighted by molar-refractivity contribution is -0.142. The molecule has 294 valence electrons. The summed E-state index contributed by atoms with van der Waals surface area (Å²) in [6, 6.07) is 5.06. The summed E-state index contributed by atoms with van der Waals surface area (Å²) >= 11 is 0. The molecule has 0 unspecified atom stereocenters. The molecule has 1 aromatic carbocycles. The molecule has 3 N–H and O–H groups in total. The maximum Gasteiger partial charge on any atom is 0.408 e. The SMILES string of the molecule is COc1nnc(O[C@@H]2C[C@H]3C(=O)N[C@]4(C(=O)NS(=O)(=O)C5CC5)C[C@H]4/C=C\CC[C@H](C)C[C@@H](C)[C@H](NC(=O)OC(C)(C)C)C(=O)N3C2)c2ccccc12.[HH].[HH].[HH]. The number of methoxy groups -OCH3 is 1. The van der Waals surface area contributed by atoms with E-state index in [0.717, 1.165) is 6.42 Å². The largest absolute Gasteiger partial charge is 0.479 e. The highest BCUT2D eigenvalue weighted by Gasteiger charge is 2.62. The number of carbonyl (C=O) groups excluding carboxylic acids is 4. The van der Waals surface area contributed by atoms with Crippen LogP contribution in [0.5, 0.6) is 11.8 Å². The van der Waals surface area contributed by atoms with Gasteiger partial charge in [0.1, 0.15) is 29.3 Å². The van der Waals surface area contributed by atoms with E-state index in [9.17, 15) is 27.6 Å². The summed E-state index contributed by atoms with van der Waals surface area (Å²) in [5.74, 6) is -2.11. The molecule has 0 radical (unpaired) electrons. The van der Waals surface area contributed by atoms with Gasteiger partial charge in [-0.05, 0) is 83.3 Å². The fourth-order valence-corrected chi connectivity index (χ4v) is 8.75. The summed E-state index contributed by atoms with van der Waals surface area (Å²) in [5.41, 5.74) is -2.34. The summed E-state index contributed by atoms with van der Waals surface area (Å²) in [6.45, 7) is 9.09. The second-order valence-corrected chi connectivity index (χ2v) is 17.9. The van der Waals surface area contributed by atoms with Gasteiger partial charge in [0.25, 0.3) is 5.91 Å². The van der Waals surface area contributed by atoms with Crippen LogP contribution in [0.1, 0.15) is 83.8 Å². The minimum absolute atomic E-state index is 0. The third-order valence-electron chi connectivity index (χ3n) is 10.4. The van der Waals surface area contributed by atoms with Crippen molar-refractivity contribution in [2.24, 2.45) is 17.8 Å². The molecular formula is C37H56N6O9S. The number of ether oxygens (including phenoxy) is 3. The zero-order valence-corrected chi connectivity index (χ0v) is 31.9. The molecule has 4 aliphatic rings. The van der Waals surface area contributed by atoms with Crippen LogP contribution in [0, 0.1) is 17.8 Å². The third-order valence-corrected chi connectivity index (χ3v) is 12.2. The van der Waals surface area contributed by atoms with Crippen molar-refractivity contribution in [2.45, 2.75) is 114 Å². The van der Waals surface area contributed by atoms with Crippen molar-refractivity contribution in [3.8, 4) is 11.8 Å². The van der Waals surface area contributed by atoms with Crippen molar-refractivity contribution in [3.63, 3.8) is 0 Å². The van der Waals surface area contributed by atoms with Gasteiger partial charge in [0.05, 0.1) is 29.7 Å². The van der Waals surface area contributed by atoms with E-state index in [-0.39, 0.29) is 41.4 Å². The maximum absolute atomic E-state index is 14.7. The number of alkyl carbamates (subject to hydrolysis) is 1. The Morgan fingerprint density at radius 1 is 1.04 bits per heavy atom. The Balaban J connectivity index is 0.00000280. The molecule has 2 aliphatic carbocycles. The number of hydrogen-bond acceptors (Lipinski definition) is 11. The number of allylic oxidation sites excluding steroid dienone is 1. The molecule has 2 aromatic rings. The van der Waals surface area contributed by atoms with Crippen LogP contribution in [-0.4, -0.2) is 95.6 Å². The standard InChI is InChI=1S/C37H50N6O9S.3H2/c1-21-11-7-8-12-23-19-37(23,34(46)42-53(48,49)25-15-16-25)39-30(44)28-18-24(51-32-27-14-10-9-13-26(27)31(50-6)40-41-32)20-43(28)33(45)29(22(2)17-21)38-35(47)52-36(3,4)5;;;/h8-10,12-14,21-25,28-29H,7,11,15-20H2,1-6H3,(H,38,47)(H,39,44)(H,42,46);3*1H/b12-8-;;;/t21-,22+,23+,24+,28-,29-,37+;;;/m0.../s1. The second kappa shape index (κ2) is 14.7. The highest BCUT2D eigenvalue weighted by molar-refractivity contribution is 7.91. The number of nitrogens with zero attached hydrogens (tertiary/aromatic N) is 3. The first-order valence-corrected chi connectivity index (χ1v) is 19.9. The molecule has 2 saturated carbocycles. The molecule has 2 aliphatic heterocycles. The van der Waals surface area contributed by atoms with E-state index >= 15 is 0 Å². The molecular weight excluding hydrogens is 705 g/mol. The number of rotatable bonds is 7. The zero-order chi connectivity index (χ0) is 38.3. The van der Waals surface area contributed by atoms with Crippen molar-refractivity contribution in [2.75, 3.05) is 13.7 Å². The maximum atomic E-state index is 14.7. The van der Waals surface area contributed by atoms with Gasteiger partial charge in [0.15, 0.2) is 0 Å². The monoisotopic (exact) mass is 760 g/mol. The van der Waals surface area contributed by atoms with Crippen LogP contribution in [0.25, 0.3) is 10.8 Å². The molecule has 7 atom stereocenters. The molecule has 3 fully saturated rings. The van der Waals surface area contributed by atoms with Gasteiger partial charge in [-0.25, -0.2) is 13.2 Å². The van der Waals surface area contributed by atoms with Crippen LogP contribution in [0.4, 0.5) is 4.79 Å². The van der Waals surface area contributed by atoms with Gasteiger partial charge in [0, 0.05) is 16.6 Å². The Hall–Kier alpha value is -4.47. The lowest BCUT2D eigenvalue weighted by atomic mass is 9.88. The molecule has 1 saturated heterocycles. The molecule has 16 heteroatoms. The number of fused-ring (bicyclic) bond motifs is 3. The van der Waals surface area contributed by atoms with Crippen LogP contribution in [0.3, 0.4) is 0 Å². The van der Waals surface area contributed by atoms with Crippen molar-refractivity contribution in [1.82, 2.24) is 30.5 Å². The average molecular weight is 761 g/mol. The molecule has 3 heterocycles. The Labute approximate surface area is 314 Å². The quantitative estimate of drug-likeness (QED) is 0.344. The van der Waals surface area contributed by atoms with Gasteiger partial charge in [-0.3, -0.25) is 19.1 Å². The fourth-order valence-electron chi connectivity index (χ4n) is 7.38. The number of benzene rings is 1. The topological polar surface area (TPSA) is 195 Å². The van der Waals surface area contributed by atoms with Crippen molar-refractivity contribution in [3.05, 3.63) is 36.4 Å². The summed E-state index contributed by atoms with van der Waals surface area (Å²) in [6.07, 6.45) is 5.48. The van der Waals surface area contributed by atoms with Crippen LogP contribution in [-0.2, 0) is 29.1 Å². The van der Waals surface area contributed by atoms with E-state index in [1.54, 1.807) is 26.8 Å². The lowest BCUT2D eigenvalue weighted by Gasteiger charge is -2.33. The average Bonchev–Trinajstić information content (AvgIpc) is 4.01. The molecule has 6 rings (SSSR count). The van der Waals surface area contributed by atoms with Gasteiger partial charge >= 0.3 is 6.09 Å².